The van der Waals surface area contributed by atoms with Gasteiger partial charge in [-0.15, -0.1) is 0 Å². The number of aryl methyl sites for hydroxylation is 3. The Morgan fingerprint density at radius 1 is 1.03 bits per heavy atom. The molecule has 1 N–H and O–H groups in total. The number of para-hydroxylation sites is 1. The molecule has 0 fully saturated rings. The van der Waals surface area contributed by atoms with Crippen LogP contribution >= 0.6 is 0 Å². The molecule has 4 aromatic rings. The van der Waals surface area contributed by atoms with Crippen LogP contribution in [0.1, 0.15) is 35.0 Å². The zero-order valence-corrected chi connectivity index (χ0v) is 20.0. The van der Waals surface area contributed by atoms with Crippen LogP contribution in [0.15, 0.2) is 60.7 Å². The Hall–Kier alpha value is -4.00. The van der Waals surface area contributed by atoms with E-state index < -0.39 is 0 Å². The third-order valence-corrected chi connectivity index (χ3v) is 5.80. The Labute approximate surface area is 199 Å². The summed E-state index contributed by atoms with van der Waals surface area (Å²) in [5, 5.41) is 8.15. The first kappa shape index (κ1) is 23.2. The van der Waals surface area contributed by atoms with Gasteiger partial charge < -0.3 is 10.2 Å². The van der Waals surface area contributed by atoms with Crippen molar-refractivity contribution in [2.75, 3.05) is 18.4 Å². The molecule has 0 aliphatic carbocycles. The smallest absolute Gasteiger partial charge is 0.255 e. The summed E-state index contributed by atoms with van der Waals surface area (Å²) in [6.07, 6.45) is 0.731. The number of aromatic nitrogens is 3. The monoisotopic (exact) mass is 455 g/mol. The highest BCUT2D eigenvalue weighted by atomic mass is 16.2. The number of nitrogens with one attached hydrogen (secondary N) is 1. The first-order valence-corrected chi connectivity index (χ1v) is 11.4. The molecule has 0 saturated carbocycles. The van der Waals surface area contributed by atoms with E-state index in [1.165, 1.54) is 0 Å². The van der Waals surface area contributed by atoms with Gasteiger partial charge in [-0.1, -0.05) is 55.5 Å². The summed E-state index contributed by atoms with van der Waals surface area (Å²) in [6, 6.07) is 19.2. The summed E-state index contributed by atoms with van der Waals surface area (Å²) in [5.74, 6) is -0.435. The largest absolute Gasteiger partial charge is 0.329 e. The number of anilines is 1. The van der Waals surface area contributed by atoms with Crippen molar-refractivity contribution in [3.63, 3.8) is 0 Å². The molecular weight excluding hydrogens is 426 g/mol. The molecule has 7 nitrogen and oxygen atoms in total. The highest BCUT2D eigenvalue weighted by Gasteiger charge is 2.24. The Morgan fingerprint density at radius 3 is 2.44 bits per heavy atom. The van der Waals surface area contributed by atoms with Crippen LogP contribution in [-0.2, 0) is 11.8 Å². The predicted octanol–water partition coefficient (Wildman–Crippen LogP) is 4.74. The molecule has 0 bridgehead atoms. The third-order valence-electron chi connectivity index (χ3n) is 5.80. The predicted molar refractivity (Wildman–Crippen MR) is 135 cm³/mol. The van der Waals surface area contributed by atoms with Crippen molar-refractivity contribution in [3.05, 3.63) is 77.5 Å². The molecule has 4 rings (SSSR count). The topological polar surface area (TPSA) is 80.1 Å². The van der Waals surface area contributed by atoms with E-state index in [4.69, 9.17) is 4.98 Å². The summed E-state index contributed by atoms with van der Waals surface area (Å²) in [5.41, 5.74) is 5.20. The van der Waals surface area contributed by atoms with Gasteiger partial charge in [0.15, 0.2) is 5.65 Å². The van der Waals surface area contributed by atoms with Crippen LogP contribution in [0.25, 0.3) is 22.3 Å². The van der Waals surface area contributed by atoms with E-state index in [9.17, 15) is 9.59 Å². The number of hydrogen-bond acceptors (Lipinski definition) is 4. The number of fused-ring (bicyclic) bond motifs is 1. The van der Waals surface area contributed by atoms with Crippen molar-refractivity contribution in [2.45, 2.75) is 27.2 Å². The molecular formula is C27H29N5O2. The first-order valence-electron chi connectivity index (χ1n) is 11.4. The van der Waals surface area contributed by atoms with Gasteiger partial charge >= 0.3 is 0 Å². The molecule has 2 amide bonds. The lowest BCUT2D eigenvalue weighted by atomic mass is 10.0. The van der Waals surface area contributed by atoms with Gasteiger partial charge in [-0.05, 0) is 38.0 Å². The van der Waals surface area contributed by atoms with Crippen LogP contribution < -0.4 is 5.32 Å². The van der Waals surface area contributed by atoms with Crippen LogP contribution in [0.4, 0.5) is 5.69 Å². The van der Waals surface area contributed by atoms with Gasteiger partial charge in [-0.25, -0.2) is 4.98 Å². The van der Waals surface area contributed by atoms with Crippen molar-refractivity contribution >= 4 is 28.5 Å². The van der Waals surface area contributed by atoms with Crippen molar-refractivity contribution in [2.24, 2.45) is 7.05 Å². The fourth-order valence-electron chi connectivity index (χ4n) is 4.14. The number of benzene rings is 2. The van der Waals surface area contributed by atoms with Crippen molar-refractivity contribution in [1.82, 2.24) is 19.7 Å². The summed E-state index contributed by atoms with van der Waals surface area (Å²) in [7, 11) is 1.82. The maximum absolute atomic E-state index is 13.8. The summed E-state index contributed by atoms with van der Waals surface area (Å²) >= 11 is 0. The molecule has 2 aromatic heterocycles. The lowest BCUT2D eigenvalue weighted by Crippen LogP contribution is -2.38. The average molecular weight is 456 g/mol. The van der Waals surface area contributed by atoms with E-state index in [-0.39, 0.29) is 18.4 Å². The molecule has 2 heterocycles. The maximum Gasteiger partial charge on any atom is 0.255 e. The highest BCUT2D eigenvalue weighted by Crippen LogP contribution is 2.28. The fraction of sp³-hybridized carbons (Fsp3) is 0.259. The minimum absolute atomic E-state index is 0.0369. The fourth-order valence-corrected chi connectivity index (χ4v) is 4.14. The zero-order chi connectivity index (χ0) is 24.2. The van der Waals surface area contributed by atoms with Crippen LogP contribution in [0.5, 0.6) is 0 Å². The van der Waals surface area contributed by atoms with Gasteiger partial charge in [-0.2, -0.15) is 5.10 Å². The minimum Gasteiger partial charge on any atom is -0.329 e. The normalized spacial score (nSPS) is 10.9. The third kappa shape index (κ3) is 4.69. The summed E-state index contributed by atoms with van der Waals surface area (Å²) in [6.45, 7) is 6.23. The minimum atomic E-state index is -0.229. The van der Waals surface area contributed by atoms with Crippen molar-refractivity contribution < 1.29 is 9.59 Å². The van der Waals surface area contributed by atoms with Gasteiger partial charge in [0, 0.05) is 24.8 Å². The molecule has 0 saturated heterocycles. The molecule has 0 radical (unpaired) electrons. The number of nitrogens with zero attached hydrogens (tertiary/aromatic N) is 4. The van der Waals surface area contributed by atoms with Crippen LogP contribution in [0.2, 0.25) is 0 Å². The van der Waals surface area contributed by atoms with Gasteiger partial charge in [0.2, 0.25) is 5.91 Å². The second-order valence-electron chi connectivity index (χ2n) is 8.42. The summed E-state index contributed by atoms with van der Waals surface area (Å²) in [4.78, 5) is 33.1. The van der Waals surface area contributed by atoms with E-state index in [0.717, 1.165) is 28.9 Å². The van der Waals surface area contributed by atoms with E-state index in [0.29, 0.717) is 28.8 Å². The standard InChI is InChI=1S/C27H29N5O2/c1-5-15-32(17-24(33)28-22-14-10-9-11-18(22)2)27(34)21-16-23(20-12-7-6-8-13-20)29-26-25(21)19(3)30-31(26)4/h6-14,16H,5,15,17H2,1-4H3,(H,28,33). The molecule has 0 aliphatic rings. The van der Waals surface area contributed by atoms with Crippen molar-refractivity contribution in [1.29, 1.82) is 0 Å². The molecule has 174 valence electrons. The Bertz CT molecular complexity index is 1340. The molecule has 2 aromatic carbocycles. The number of pyridine rings is 1. The van der Waals surface area contributed by atoms with Crippen LogP contribution in [0.3, 0.4) is 0 Å². The second kappa shape index (κ2) is 9.87. The van der Waals surface area contributed by atoms with Gasteiger partial charge in [0.1, 0.15) is 6.54 Å². The lowest BCUT2D eigenvalue weighted by molar-refractivity contribution is -0.116. The Morgan fingerprint density at radius 2 is 1.74 bits per heavy atom. The molecule has 34 heavy (non-hydrogen) atoms. The second-order valence-corrected chi connectivity index (χ2v) is 8.42. The number of amides is 2. The molecule has 0 unspecified atom stereocenters. The number of hydrogen-bond donors (Lipinski definition) is 1. The zero-order valence-electron chi connectivity index (χ0n) is 20.0. The van der Waals surface area contributed by atoms with Gasteiger partial charge in [-0.3, -0.25) is 14.3 Å². The number of carbonyl (C=O) groups is 2. The number of carbonyl (C=O) groups excluding carboxylic acids is 2. The van der Waals surface area contributed by atoms with Gasteiger partial charge in [0.25, 0.3) is 5.91 Å². The lowest BCUT2D eigenvalue weighted by Gasteiger charge is -2.23. The first-order chi connectivity index (χ1) is 16.4. The molecule has 0 spiro atoms. The van der Waals surface area contributed by atoms with E-state index in [1.54, 1.807) is 9.58 Å². The Balaban J connectivity index is 1.71. The van der Waals surface area contributed by atoms with Crippen LogP contribution in [0, 0.1) is 13.8 Å². The molecule has 7 heteroatoms. The quantitative estimate of drug-likeness (QED) is 0.436. The SMILES string of the molecule is CCCN(CC(=O)Nc1ccccc1C)C(=O)c1cc(-c2ccccc2)nc2c1c(C)nn2C. The van der Waals surface area contributed by atoms with Crippen LogP contribution in [-0.4, -0.2) is 44.6 Å². The summed E-state index contributed by atoms with van der Waals surface area (Å²) < 4.78 is 1.70. The Kier molecular flexibility index (Phi) is 6.72. The number of rotatable bonds is 7. The highest BCUT2D eigenvalue weighted by molar-refractivity contribution is 6.08. The maximum atomic E-state index is 13.8. The van der Waals surface area contributed by atoms with Crippen molar-refractivity contribution in [3.8, 4) is 11.3 Å². The average Bonchev–Trinajstić information content (AvgIpc) is 3.13. The van der Waals surface area contributed by atoms with E-state index in [1.807, 2.05) is 88.5 Å². The van der Waals surface area contributed by atoms with E-state index >= 15 is 0 Å². The van der Waals surface area contributed by atoms with E-state index in [2.05, 4.69) is 10.4 Å². The molecule has 0 atom stereocenters. The molecule has 0 aliphatic heterocycles. The van der Waals surface area contributed by atoms with Gasteiger partial charge in [0.05, 0.1) is 22.3 Å².